The molecule has 1 N–H and O–H groups in total. The average Bonchev–Trinajstić information content (AvgIpc) is 2.47. The maximum Gasteiger partial charge on any atom is 0.249 e. The van der Waals surface area contributed by atoms with Gasteiger partial charge in [-0.15, -0.1) is 0 Å². The summed E-state index contributed by atoms with van der Waals surface area (Å²) in [6.45, 7) is 2.56. The van der Waals surface area contributed by atoms with Crippen molar-refractivity contribution in [1.29, 1.82) is 0 Å². The number of hydrogen-bond donors (Lipinski definition) is 1. The maximum atomic E-state index is 11.8. The fraction of sp³-hybridized carbons (Fsp3) is 0.125. The van der Waals surface area contributed by atoms with Gasteiger partial charge in [0.25, 0.3) is 0 Å². The number of ether oxygens (including phenoxy) is 1. The molecule has 0 atom stereocenters. The zero-order valence-electron chi connectivity index (χ0n) is 11.5. The van der Waals surface area contributed by atoms with Crippen LogP contribution >= 0.6 is 11.6 Å². The molecule has 0 bridgehead atoms. The van der Waals surface area contributed by atoms with Crippen molar-refractivity contribution in [2.24, 2.45) is 0 Å². The van der Waals surface area contributed by atoms with E-state index in [1.165, 1.54) is 12.3 Å². The number of benzene rings is 1. The van der Waals surface area contributed by atoms with Crippen LogP contribution < -0.4 is 10.1 Å². The van der Waals surface area contributed by atoms with Gasteiger partial charge in [-0.05, 0) is 42.8 Å². The summed E-state index contributed by atoms with van der Waals surface area (Å²) >= 11 is 5.82. The molecule has 5 heteroatoms. The molecule has 4 nitrogen and oxygen atoms in total. The molecule has 1 heterocycles. The number of nitrogens with zero attached hydrogens (tertiary/aromatic N) is 1. The van der Waals surface area contributed by atoms with Crippen LogP contribution in [0.15, 0.2) is 48.7 Å². The number of pyridine rings is 1. The number of carbonyl (C=O) groups is 1. The molecular formula is C16H15ClN2O2. The van der Waals surface area contributed by atoms with Crippen LogP contribution in [0.4, 0.5) is 5.82 Å². The first-order valence-corrected chi connectivity index (χ1v) is 6.88. The summed E-state index contributed by atoms with van der Waals surface area (Å²) in [4.78, 5) is 15.8. The molecule has 0 unspecified atom stereocenters. The van der Waals surface area contributed by atoms with Crippen LogP contribution in [0.2, 0.25) is 5.02 Å². The highest BCUT2D eigenvalue weighted by Gasteiger charge is 2.00. The molecule has 0 aliphatic carbocycles. The minimum Gasteiger partial charge on any atom is -0.494 e. The molecule has 1 amide bonds. The van der Waals surface area contributed by atoms with Crippen LogP contribution in [0.3, 0.4) is 0 Å². The Morgan fingerprint density at radius 3 is 2.76 bits per heavy atom. The Morgan fingerprint density at radius 2 is 2.10 bits per heavy atom. The van der Waals surface area contributed by atoms with E-state index in [4.69, 9.17) is 16.3 Å². The molecule has 0 fully saturated rings. The van der Waals surface area contributed by atoms with E-state index < -0.39 is 0 Å². The van der Waals surface area contributed by atoms with Gasteiger partial charge in [0.15, 0.2) is 0 Å². The summed E-state index contributed by atoms with van der Waals surface area (Å²) in [6, 6.07) is 10.7. The molecule has 0 aliphatic heterocycles. The number of halogens is 1. The Bertz CT molecular complexity index is 639. The van der Waals surface area contributed by atoms with E-state index in [-0.39, 0.29) is 5.91 Å². The fourth-order valence-corrected chi connectivity index (χ4v) is 1.81. The average molecular weight is 303 g/mol. The van der Waals surface area contributed by atoms with Crippen LogP contribution in [0.5, 0.6) is 5.75 Å². The summed E-state index contributed by atoms with van der Waals surface area (Å²) in [5.41, 5.74) is 0.910. The Hall–Kier alpha value is -2.33. The number of carbonyl (C=O) groups excluding carboxylic acids is 1. The number of anilines is 1. The molecule has 0 spiro atoms. The van der Waals surface area contributed by atoms with Gasteiger partial charge >= 0.3 is 0 Å². The van der Waals surface area contributed by atoms with E-state index in [1.807, 2.05) is 31.2 Å². The van der Waals surface area contributed by atoms with Gasteiger partial charge in [0.1, 0.15) is 11.6 Å². The third kappa shape index (κ3) is 4.93. The fourth-order valence-electron chi connectivity index (χ4n) is 1.65. The summed E-state index contributed by atoms with van der Waals surface area (Å²) in [7, 11) is 0. The monoisotopic (exact) mass is 302 g/mol. The van der Waals surface area contributed by atoms with Crippen molar-refractivity contribution in [2.45, 2.75) is 6.92 Å². The lowest BCUT2D eigenvalue weighted by Crippen LogP contribution is -2.08. The molecule has 2 aromatic rings. The Labute approximate surface area is 128 Å². The lowest BCUT2D eigenvalue weighted by molar-refractivity contribution is -0.111. The van der Waals surface area contributed by atoms with E-state index in [0.29, 0.717) is 17.4 Å². The number of amides is 1. The maximum absolute atomic E-state index is 11.8. The number of rotatable bonds is 5. The summed E-state index contributed by atoms with van der Waals surface area (Å²) in [6.07, 6.45) is 4.70. The molecule has 21 heavy (non-hydrogen) atoms. The normalized spacial score (nSPS) is 10.6. The van der Waals surface area contributed by atoms with Crippen LogP contribution in [0, 0.1) is 0 Å². The SMILES string of the molecule is CCOc1ccc(/C=C/C(=O)Nc2cc(Cl)ccn2)cc1. The van der Waals surface area contributed by atoms with Crippen LogP contribution in [-0.4, -0.2) is 17.5 Å². The second-order valence-electron chi connectivity index (χ2n) is 4.18. The van der Waals surface area contributed by atoms with Crippen molar-refractivity contribution in [3.8, 4) is 5.75 Å². The smallest absolute Gasteiger partial charge is 0.249 e. The lowest BCUT2D eigenvalue weighted by atomic mass is 10.2. The van der Waals surface area contributed by atoms with Gasteiger partial charge in [0.2, 0.25) is 5.91 Å². The van der Waals surface area contributed by atoms with Crippen molar-refractivity contribution in [3.05, 3.63) is 59.3 Å². The van der Waals surface area contributed by atoms with Gasteiger partial charge in [-0.3, -0.25) is 4.79 Å². The van der Waals surface area contributed by atoms with Crippen molar-refractivity contribution in [3.63, 3.8) is 0 Å². The van der Waals surface area contributed by atoms with Crippen LogP contribution in [0.25, 0.3) is 6.08 Å². The van der Waals surface area contributed by atoms with Crippen molar-refractivity contribution in [2.75, 3.05) is 11.9 Å². The predicted molar refractivity (Wildman–Crippen MR) is 84.5 cm³/mol. The van der Waals surface area contributed by atoms with Crippen LogP contribution in [-0.2, 0) is 4.79 Å². The van der Waals surface area contributed by atoms with Crippen LogP contribution in [0.1, 0.15) is 12.5 Å². The third-order valence-electron chi connectivity index (χ3n) is 2.59. The second-order valence-corrected chi connectivity index (χ2v) is 4.62. The highest BCUT2D eigenvalue weighted by Crippen LogP contribution is 2.14. The molecule has 1 aromatic heterocycles. The quantitative estimate of drug-likeness (QED) is 0.855. The first kappa shape index (κ1) is 15.1. The first-order chi connectivity index (χ1) is 10.2. The molecule has 1 aromatic carbocycles. The molecule has 108 valence electrons. The molecule has 0 saturated carbocycles. The van der Waals surface area contributed by atoms with Gasteiger partial charge in [-0.25, -0.2) is 4.98 Å². The van der Waals surface area contributed by atoms with Crippen molar-refractivity contribution < 1.29 is 9.53 Å². The standard InChI is InChI=1S/C16H15ClN2O2/c1-2-21-14-6-3-12(4-7-14)5-8-16(20)19-15-11-13(17)9-10-18-15/h3-11H,2H2,1H3,(H,18,19,20)/b8-5+. The highest BCUT2D eigenvalue weighted by molar-refractivity contribution is 6.30. The minimum atomic E-state index is -0.265. The summed E-state index contributed by atoms with van der Waals surface area (Å²) in [5, 5.41) is 3.16. The topological polar surface area (TPSA) is 51.2 Å². The molecule has 2 rings (SSSR count). The van der Waals surface area contributed by atoms with Gasteiger partial charge in [-0.1, -0.05) is 23.7 Å². The molecule has 0 saturated heterocycles. The van der Waals surface area contributed by atoms with Gasteiger partial charge in [0, 0.05) is 17.3 Å². The van der Waals surface area contributed by atoms with Gasteiger partial charge in [-0.2, -0.15) is 0 Å². The first-order valence-electron chi connectivity index (χ1n) is 6.51. The van der Waals surface area contributed by atoms with E-state index in [9.17, 15) is 4.79 Å². The zero-order valence-corrected chi connectivity index (χ0v) is 12.3. The van der Waals surface area contributed by atoms with E-state index >= 15 is 0 Å². The molecule has 0 radical (unpaired) electrons. The second kappa shape index (κ2) is 7.45. The Balaban J connectivity index is 1.95. The predicted octanol–water partition coefficient (Wildman–Crippen LogP) is 3.79. The molecular weight excluding hydrogens is 288 g/mol. The van der Waals surface area contributed by atoms with Crippen molar-refractivity contribution >= 4 is 29.4 Å². The largest absolute Gasteiger partial charge is 0.494 e. The zero-order chi connectivity index (χ0) is 15.1. The van der Waals surface area contributed by atoms with Gasteiger partial charge in [0.05, 0.1) is 6.61 Å². The Kier molecular flexibility index (Phi) is 5.35. The van der Waals surface area contributed by atoms with E-state index in [2.05, 4.69) is 10.3 Å². The van der Waals surface area contributed by atoms with E-state index in [0.717, 1.165) is 11.3 Å². The Morgan fingerprint density at radius 1 is 1.33 bits per heavy atom. The summed E-state index contributed by atoms with van der Waals surface area (Å²) < 4.78 is 5.35. The lowest BCUT2D eigenvalue weighted by Gasteiger charge is -2.02. The number of nitrogens with one attached hydrogen (secondary N) is 1. The minimum absolute atomic E-state index is 0.265. The van der Waals surface area contributed by atoms with E-state index in [1.54, 1.807) is 18.2 Å². The number of hydrogen-bond acceptors (Lipinski definition) is 3. The van der Waals surface area contributed by atoms with Crippen molar-refractivity contribution in [1.82, 2.24) is 4.98 Å². The highest BCUT2D eigenvalue weighted by atomic mass is 35.5. The molecule has 0 aliphatic rings. The van der Waals surface area contributed by atoms with Gasteiger partial charge < -0.3 is 10.1 Å². The number of aromatic nitrogens is 1. The third-order valence-corrected chi connectivity index (χ3v) is 2.83. The summed E-state index contributed by atoms with van der Waals surface area (Å²) in [5.74, 6) is 0.963.